The number of nitrogens with one attached hydrogen (secondary N) is 2. The summed E-state index contributed by atoms with van der Waals surface area (Å²) in [6.45, 7) is 15.9. The minimum absolute atomic E-state index is 0.190. The molecule has 0 radical (unpaired) electrons. The van der Waals surface area contributed by atoms with E-state index in [1.54, 1.807) is 57.4 Å². The lowest BCUT2D eigenvalue weighted by atomic mass is 10.1. The first-order valence-electron chi connectivity index (χ1n) is 31.1. The zero-order valence-electron chi connectivity index (χ0n) is 56.2. The number of ether oxygens (including phenoxy) is 5. The molecule has 0 aliphatic carbocycles. The largest absolute Gasteiger partial charge is 0.497 e. The quantitative estimate of drug-likeness (QED) is 0.0174. The van der Waals surface area contributed by atoms with E-state index in [4.69, 9.17) is 33.5 Å². The summed E-state index contributed by atoms with van der Waals surface area (Å²) in [5.74, 6) is 5.86. The Morgan fingerprint density at radius 2 is 0.837 bits per heavy atom. The maximum Gasteiger partial charge on any atom is 0.411 e. The van der Waals surface area contributed by atoms with Gasteiger partial charge in [0.1, 0.15) is 17.4 Å². The fraction of sp³-hybridized carbons (Fsp3) is 0.241. The van der Waals surface area contributed by atoms with E-state index >= 15 is 0 Å². The Kier molecular flexibility index (Phi) is 32.5. The summed E-state index contributed by atoms with van der Waals surface area (Å²) < 4.78 is 76.9. The van der Waals surface area contributed by atoms with Crippen LogP contribution in [0.2, 0.25) is 0 Å². The van der Waals surface area contributed by atoms with Crippen molar-refractivity contribution in [2.45, 2.75) is 66.7 Å². The molecule has 0 spiro atoms. The number of benzene rings is 8. The summed E-state index contributed by atoms with van der Waals surface area (Å²) in [4.78, 5) is 53.8. The summed E-state index contributed by atoms with van der Waals surface area (Å²) in [5, 5.41) is 5.43. The second-order valence-electron chi connectivity index (χ2n) is 21.7. The number of halogens is 4. The highest BCUT2D eigenvalue weighted by atomic mass is 19.2. The van der Waals surface area contributed by atoms with Gasteiger partial charge in [0.2, 0.25) is 0 Å². The van der Waals surface area contributed by atoms with Gasteiger partial charge in [-0.1, -0.05) is 90.6 Å². The molecule has 0 heterocycles. The predicted molar refractivity (Wildman–Crippen MR) is 381 cm³/mol. The second kappa shape index (κ2) is 41.3. The van der Waals surface area contributed by atoms with E-state index in [1.807, 2.05) is 127 Å². The van der Waals surface area contributed by atoms with Crippen molar-refractivity contribution < 1.29 is 60.4 Å². The summed E-state index contributed by atoms with van der Waals surface area (Å²) >= 11 is 0. The van der Waals surface area contributed by atoms with E-state index in [2.05, 4.69) is 54.2 Å². The zero-order chi connectivity index (χ0) is 71.4. The van der Waals surface area contributed by atoms with Gasteiger partial charge in [-0.05, 0) is 181 Å². The van der Waals surface area contributed by atoms with E-state index in [0.717, 1.165) is 79.6 Å². The molecule has 98 heavy (non-hydrogen) atoms. The van der Waals surface area contributed by atoms with Crippen LogP contribution in [0.3, 0.4) is 0 Å². The third-order valence-electron chi connectivity index (χ3n) is 14.6. The van der Waals surface area contributed by atoms with Gasteiger partial charge in [0.25, 0.3) is 0 Å². The number of hydrogen-bond donors (Lipinski definition) is 2. The molecule has 15 nitrogen and oxygen atoms in total. The number of anilines is 6. The Bertz CT molecular complexity index is 4000. The lowest BCUT2D eigenvalue weighted by Crippen LogP contribution is -2.23. The van der Waals surface area contributed by atoms with Gasteiger partial charge in [-0.3, -0.25) is 20.2 Å². The second-order valence-corrected chi connectivity index (χ2v) is 21.7. The number of carbonyl (C=O) groups excluding carboxylic acids is 4. The van der Waals surface area contributed by atoms with Gasteiger partial charge < -0.3 is 43.3 Å². The van der Waals surface area contributed by atoms with Crippen LogP contribution in [0, 0.1) is 74.1 Å². The van der Waals surface area contributed by atoms with Gasteiger partial charge in [-0.15, -0.1) is 25.8 Å². The number of methoxy groups -OCH3 is 3. The minimum Gasteiger partial charge on any atom is -0.497 e. The third kappa shape index (κ3) is 26.3. The molecule has 8 rings (SSSR count). The van der Waals surface area contributed by atoms with Crippen molar-refractivity contribution in [2.24, 2.45) is 0 Å². The number of carbonyl (C=O) groups is 4. The van der Waals surface area contributed by atoms with E-state index in [9.17, 15) is 36.7 Å². The Balaban J connectivity index is 0.000000236. The van der Waals surface area contributed by atoms with Crippen LogP contribution in [0.5, 0.6) is 5.75 Å². The SMILES string of the molecule is C#CCN(Cc1ccc(F)c(F)c1)c1ccc(CC(=O)OC)cc1.C#CCN(Cc1ccc(F)cc1)c1ccc(NC(=O)OCC)c(C)c1.C#CCN(Cc1cccc(OC)c1)c1ccc(CC(=O)OC)cc1.C=CCN(Cc1ccc(F)cc1)c1ccc(NC(=O)OCC)c(C)c1. The zero-order valence-corrected chi connectivity index (χ0v) is 56.2. The van der Waals surface area contributed by atoms with Gasteiger partial charge in [0.15, 0.2) is 11.6 Å². The Morgan fingerprint density at radius 3 is 1.22 bits per heavy atom. The Labute approximate surface area is 572 Å². The highest BCUT2D eigenvalue weighted by molar-refractivity contribution is 5.87. The topological polar surface area (TPSA) is 151 Å². The molecule has 8 aromatic rings. The molecule has 8 aromatic carbocycles. The van der Waals surface area contributed by atoms with E-state index in [1.165, 1.54) is 44.6 Å². The molecule has 2 amide bonds. The fourth-order valence-corrected chi connectivity index (χ4v) is 9.58. The average molecular weight is 1340 g/mol. The monoisotopic (exact) mass is 1330 g/mol. The van der Waals surface area contributed by atoms with Crippen LogP contribution >= 0.6 is 0 Å². The minimum atomic E-state index is -0.887. The number of esters is 2. The Hall–Kier alpha value is -11.6. The maximum atomic E-state index is 13.3. The van der Waals surface area contributed by atoms with Crippen molar-refractivity contribution in [3.63, 3.8) is 0 Å². The first kappa shape index (κ1) is 77.1. The molecule has 0 aromatic heterocycles. The normalized spacial score (nSPS) is 10.0. The predicted octanol–water partition coefficient (Wildman–Crippen LogP) is 15.6. The van der Waals surface area contributed by atoms with Crippen molar-refractivity contribution in [3.05, 3.63) is 256 Å². The molecule has 0 fully saturated rings. The average Bonchev–Trinajstić information content (AvgIpc) is 0.885. The fourth-order valence-electron chi connectivity index (χ4n) is 9.58. The highest BCUT2D eigenvalue weighted by Crippen LogP contribution is 2.28. The number of terminal acetylenes is 3. The molecule has 0 aliphatic heterocycles. The van der Waals surface area contributed by atoms with Gasteiger partial charge in [0, 0.05) is 66.8 Å². The maximum absolute atomic E-state index is 13.3. The molecular weight excluding hydrogens is 1250 g/mol. The molecule has 0 aliphatic rings. The van der Waals surface area contributed by atoms with Crippen LogP contribution in [0.1, 0.15) is 58.4 Å². The van der Waals surface area contributed by atoms with Crippen molar-refractivity contribution in [2.75, 3.05) is 91.0 Å². The molecule has 19 heteroatoms. The third-order valence-corrected chi connectivity index (χ3v) is 14.6. The Morgan fingerprint density at radius 1 is 0.459 bits per heavy atom. The van der Waals surface area contributed by atoms with Crippen LogP contribution in [0.15, 0.2) is 189 Å². The van der Waals surface area contributed by atoms with E-state index in [-0.39, 0.29) is 36.4 Å². The molecule has 0 saturated carbocycles. The molecule has 0 saturated heterocycles. The van der Waals surface area contributed by atoms with E-state index < -0.39 is 23.8 Å². The van der Waals surface area contributed by atoms with Crippen molar-refractivity contribution >= 4 is 58.2 Å². The van der Waals surface area contributed by atoms with Crippen molar-refractivity contribution in [1.29, 1.82) is 0 Å². The number of aryl methyl sites for hydroxylation is 2. The number of hydrogen-bond acceptors (Lipinski definition) is 13. The smallest absolute Gasteiger partial charge is 0.411 e. The van der Waals surface area contributed by atoms with Crippen LogP contribution < -0.4 is 35.0 Å². The van der Waals surface area contributed by atoms with Crippen LogP contribution in [0.4, 0.5) is 61.3 Å². The summed E-state index contributed by atoms with van der Waals surface area (Å²) in [6, 6.07) is 50.9. The lowest BCUT2D eigenvalue weighted by Gasteiger charge is -2.24. The number of rotatable bonds is 26. The van der Waals surface area contributed by atoms with Crippen LogP contribution in [0.25, 0.3) is 0 Å². The summed E-state index contributed by atoms with van der Waals surface area (Å²) in [5.41, 5.74) is 12.4. The van der Waals surface area contributed by atoms with E-state index in [0.29, 0.717) is 82.5 Å². The number of amides is 2. The molecular formula is C79H82F4N6O9. The first-order valence-corrected chi connectivity index (χ1v) is 31.1. The van der Waals surface area contributed by atoms with Crippen molar-refractivity contribution in [1.82, 2.24) is 0 Å². The molecule has 0 unspecified atom stereocenters. The van der Waals surface area contributed by atoms with Gasteiger partial charge in [-0.2, -0.15) is 0 Å². The van der Waals surface area contributed by atoms with Gasteiger partial charge in [-0.25, -0.2) is 27.2 Å². The first-order chi connectivity index (χ1) is 47.2. The standard InChI is InChI=1S/C20H23FN2O2.C20H21FN2O2.C20H21NO3.C19H17F2NO2/c2*1-4-12-23(14-16-6-8-17(21)9-7-16)18-10-11-19(15(3)13-18)22-20(24)25-5-2;1-4-12-21(15-17-6-5-7-19(13-17)23-2)18-10-8-16(9-11-18)14-20(22)24-3;1-3-10-22(13-15-6-9-17(20)18(21)11-15)16-7-4-14(5-8-16)12-19(23)24-2/h4,6-11,13H,1,5,12,14H2,2-3H3,(H,22,24);1,6-11,13H,5,12,14H2,2-3H3,(H,22,24);1,5-11,13H,12,14-15H2,2-3H3;1,4-9,11H,10,12-13H2,2H3. The molecule has 0 atom stereocenters. The van der Waals surface area contributed by atoms with Gasteiger partial charge >= 0.3 is 24.1 Å². The highest BCUT2D eigenvalue weighted by Gasteiger charge is 2.16. The molecule has 2 N–H and O–H groups in total. The number of nitrogens with zero attached hydrogens (tertiary/aromatic N) is 4. The van der Waals surface area contributed by atoms with Crippen molar-refractivity contribution in [3.8, 4) is 42.8 Å². The molecule has 510 valence electrons. The van der Waals surface area contributed by atoms with Crippen LogP contribution in [-0.4, -0.2) is 84.8 Å². The lowest BCUT2D eigenvalue weighted by molar-refractivity contribution is -0.140. The summed E-state index contributed by atoms with van der Waals surface area (Å²) in [7, 11) is 4.38. The summed E-state index contributed by atoms with van der Waals surface area (Å²) in [6.07, 6.45) is 17.7. The molecule has 0 bridgehead atoms. The van der Waals surface area contributed by atoms with Gasteiger partial charge in [0.05, 0.1) is 67.0 Å². The van der Waals surface area contributed by atoms with Crippen LogP contribution in [-0.2, 0) is 67.6 Å².